The van der Waals surface area contributed by atoms with E-state index in [0.29, 0.717) is 11.6 Å². The molecule has 8 heteroatoms. The highest BCUT2D eigenvalue weighted by Crippen LogP contribution is 2.46. The highest BCUT2D eigenvalue weighted by Gasteiger charge is 2.21. The van der Waals surface area contributed by atoms with Gasteiger partial charge in [0.2, 0.25) is 0 Å². The number of fused-ring (bicyclic) bond motifs is 12. The fourth-order valence-electron chi connectivity index (χ4n) is 14.1. The van der Waals surface area contributed by atoms with Crippen molar-refractivity contribution in [2.24, 2.45) is 0 Å². The molecule has 0 atom stereocenters. The lowest BCUT2D eigenvalue weighted by Crippen LogP contribution is -1.97. The van der Waals surface area contributed by atoms with E-state index in [1.165, 1.54) is 120 Å². The Balaban J connectivity index is 0.000000139. The summed E-state index contributed by atoms with van der Waals surface area (Å²) < 4.78 is 10.5. The van der Waals surface area contributed by atoms with Gasteiger partial charge in [-0.15, -0.1) is 45.3 Å². The van der Waals surface area contributed by atoms with Crippen molar-refractivity contribution in [3.63, 3.8) is 0 Å². The molecule has 20 rings (SSSR count). The monoisotopic (exact) mass is 1340 g/mol. The molecule has 468 valence electrons. The summed E-state index contributed by atoms with van der Waals surface area (Å²) in [6.45, 7) is 0. The Hall–Kier alpha value is -11.9. The zero-order valence-electron chi connectivity index (χ0n) is 53.8. The molecule has 0 saturated heterocycles. The minimum Gasteiger partial charge on any atom is -0.228 e. The van der Waals surface area contributed by atoms with Crippen molar-refractivity contribution in [1.29, 1.82) is 0 Å². The fraction of sp³-hybridized carbons (Fsp3) is 0. The summed E-state index contributed by atoms with van der Waals surface area (Å²) in [5.41, 5.74) is 19.3. The summed E-state index contributed by atoms with van der Waals surface area (Å²) in [7, 11) is 0. The quantitative estimate of drug-likeness (QED) is 0.137. The molecule has 0 spiro atoms. The number of aromatic nitrogens is 4. The second-order valence-corrected chi connectivity index (χ2v) is 29.5. The topological polar surface area (TPSA) is 51.6 Å². The second kappa shape index (κ2) is 25.2. The molecule has 0 radical (unpaired) electrons. The molecule has 0 bridgehead atoms. The molecule has 100 heavy (non-hydrogen) atoms. The van der Waals surface area contributed by atoms with E-state index in [4.69, 9.17) is 19.9 Å². The van der Waals surface area contributed by atoms with E-state index in [9.17, 15) is 0 Å². The van der Waals surface area contributed by atoms with Crippen LogP contribution < -0.4 is 0 Å². The first-order valence-corrected chi connectivity index (χ1v) is 36.7. The minimum atomic E-state index is 0.714. The Bertz CT molecular complexity index is 6420. The lowest BCUT2D eigenvalue weighted by Gasteiger charge is -2.15. The molecule has 0 aliphatic rings. The molecule has 6 aromatic heterocycles. The van der Waals surface area contributed by atoms with E-state index >= 15 is 0 Å². The number of hydrogen-bond donors (Lipinski definition) is 0. The minimum absolute atomic E-state index is 0.714. The second-order valence-electron chi connectivity index (χ2n) is 25.1. The molecule has 0 unspecified atom stereocenters. The number of hydrogen-bond acceptors (Lipinski definition) is 8. The van der Waals surface area contributed by atoms with Gasteiger partial charge in [-0.1, -0.05) is 243 Å². The summed E-state index contributed by atoms with van der Waals surface area (Å²) >= 11 is 7.41. The van der Waals surface area contributed by atoms with Gasteiger partial charge in [-0.05, 0) is 142 Å². The van der Waals surface area contributed by atoms with Crippen LogP contribution in [-0.4, -0.2) is 19.9 Å². The number of benzene rings is 14. The zero-order chi connectivity index (χ0) is 66.0. The van der Waals surface area contributed by atoms with Gasteiger partial charge in [0.25, 0.3) is 0 Å². The van der Waals surface area contributed by atoms with Gasteiger partial charge in [-0.2, -0.15) is 0 Å². The third-order valence-electron chi connectivity index (χ3n) is 19.0. The third kappa shape index (κ3) is 11.0. The molecular formula is C92H56N4S4. The van der Waals surface area contributed by atoms with E-state index in [0.717, 1.165) is 61.7 Å². The largest absolute Gasteiger partial charge is 0.228 e. The molecule has 0 saturated carbocycles. The van der Waals surface area contributed by atoms with Crippen molar-refractivity contribution >= 4 is 126 Å². The van der Waals surface area contributed by atoms with Crippen LogP contribution in [0.25, 0.3) is 193 Å². The maximum absolute atomic E-state index is 5.25. The molecular weight excluding hydrogens is 1290 g/mol. The van der Waals surface area contributed by atoms with Gasteiger partial charge in [-0.25, -0.2) is 19.9 Å². The molecule has 0 amide bonds. The van der Waals surface area contributed by atoms with Crippen LogP contribution >= 0.6 is 45.3 Å². The summed E-state index contributed by atoms with van der Waals surface area (Å²) in [5, 5.41) is 10.4. The fourth-order valence-corrected chi connectivity index (χ4v) is 18.4. The maximum atomic E-state index is 5.25. The van der Waals surface area contributed by atoms with Crippen LogP contribution in [0.1, 0.15) is 0 Å². The first-order chi connectivity index (χ1) is 49.5. The van der Waals surface area contributed by atoms with Gasteiger partial charge in [-0.3, -0.25) is 0 Å². The Morgan fingerprint density at radius 2 is 0.420 bits per heavy atom. The third-order valence-corrected chi connectivity index (χ3v) is 23.6. The van der Waals surface area contributed by atoms with Crippen molar-refractivity contribution in [2.75, 3.05) is 0 Å². The van der Waals surface area contributed by atoms with Crippen LogP contribution in [0.2, 0.25) is 0 Å². The molecule has 4 nitrogen and oxygen atoms in total. The zero-order valence-corrected chi connectivity index (χ0v) is 57.0. The first kappa shape index (κ1) is 59.4. The van der Waals surface area contributed by atoms with Crippen LogP contribution in [0.3, 0.4) is 0 Å². The van der Waals surface area contributed by atoms with Crippen molar-refractivity contribution in [2.45, 2.75) is 0 Å². The highest BCUT2D eigenvalue weighted by atomic mass is 32.1. The van der Waals surface area contributed by atoms with E-state index in [1.54, 1.807) is 0 Å². The average Bonchev–Trinajstić information content (AvgIpc) is 1.42. The van der Waals surface area contributed by atoms with Gasteiger partial charge < -0.3 is 0 Å². The molecule has 6 heterocycles. The summed E-state index contributed by atoms with van der Waals surface area (Å²) in [4.78, 5) is 20.5. The van der Waals surface area contributed by atoms with Gasteiger partial charge in [0.05, 0.1) is 22.8 Å². The van der Waals surface area contributed by atoms with Crippen LogP contribution in [0.15, 0.2) is 340 Å². The van der Waals surface area contributed by atoms with Crippen molar-refractivity contribution in [3.05, 3.63) is 340 Å². The smallest absolute Gasteiger partial charge is 0.160 e. The predicted molar refractivity (Wildman–Crippen MR) is 430 cm³/mol. The first-order valence-electron chi connectivity index (χ1n) is 33.5. The Labute approximate surface area is 593 Å². The van der Waals surface area contributed by atoms with Crippen LogP contribution in [0, 0.1) is 0 Å². The number of nitrogens with zero attached hydrogens (tertiary/aromatic N) is 4. The normalized spacial score (nSPS) is 11.6. The highest BCUT2D eigenvalue weighted by molar-refractivity contribution is 7.27. The molecule has 0 aliphatic carbocycles. The summed E-state index contributed by atoms with van der Waals surface area (Å²) in [5.74, 6) is 1.43. The molecule has 0 aliphatic heterocycles. The van der Waals surface area contributed by atoms with Crippen molar-refractivity contribution in [3.8, 4) is 112 Å². The molecule has 0 N–H and O–H groups in total. The van der Waals surface area contributed by atoms with E-state index in [1.807, 2.05) is 93.9 Å². The predicted octanol–water partition coefficient (Wildman–Crippen LogP) is 27.1. The molecule has 0 fully saturated rings. The lowest BCUT2D eigenvalue weighted by atomic mass is 9.90. The Kier molecular flexibility index (Phi) is 15.0. The van der Waals surface area contributed by atoms with Crippen molar-refractivity contribution in [1.82, 2.24) is 19.9 Å². The Morgan fingerprint density at radius 1 is 0.150 bits per heavy atom. The van der Waals surface area contributed by atoms with Gasteiger partial charge in [0, 0.05) is 114 Å². The standard InChI is InChI=1S/2C46H28N2S2/c1-3-11-29(12-4-1)40-28-41(48-46(47-40)30-13-5-2-6-14-30)33-19-22-34(31-20-23-44-38(25-31)35-15-7-9-17-42(35)49-44)37(27-33)32-21-24-45-39(26-32)36-16-8-10-18-43(36)50-45;1-3-11-29(12-4-1)40-28-41(48-46(47-40)30-13-5-2-6-14-30)34-22-19-31(32-20-23-44-38(26-32)35-15-7-9-17-42(35)49-44)25-37(34)33-21-24-45-39(27-33)36-16-8-10-18-43(36)50-45/h2*1-28H. The SMILES string of the molecule is c1ccc(-c2cc(-c3ccc(-c4ccc5sc6ccccc6c5c4)c(-c4ccc5sc6ccccc6c5c4)c3)nc(-c3ccccc3)n2)cc1.c1ccc(-c2cc(-c3ccc(-c4ccc5sc6ccccc6c5c4)cc3-c3ccc4sc5ccccc5c4c3)nc(-c3ccccc3)n2)cc1. The van der Waals surface area contributed by atoms with Gasteiger partial charge >= 0.3 is 0 Å². The summed E-state index contributed by atoms with van der Waals surface area (Å²) in [6.07, 6.45) is 0. The lowest BCUT2D eigenvalue weighted by molar-refractivity contribution is 1.18. The number of thiophene rings is 4. The maximum Gasteiger partial charge on any atom is 0.160 e. The van der Waals surface area contributed by atoms with E-state index in [2.05, 4.69) is 291 Å². The molecule has 20 aromatic rings. The van der Waals surface area contributed by atoms with E-state index in [-0.39, 0.29) is 0 Å². The van der Waals surface area contributed by atoms with Crippen molar-refractivity contribution < 1.29 is 0 Å². The number of rotatable bonds is 10. The van der Waals surface area contributed by atoms with Crippen LogP contribution in [0.5, 0.6) is 0 Å². The Morgan fingerprint density at radius 3 is 0.850 bits per heavy atom. The molecule has 14 aromatic carbocycles. The average molecular weight is 1350 g/mol. The summed E-state index contributed by atoms with van der Waals surface area (Å²) in [6, 6.07) is 122. The van der Waals surface area contributed by atoms with Crippen LogP contribution in [-0.2, 0) is 0 Å². The van der Waals surface area contributed by atoms with E-state index < -0.39 is 0 Å². The van der Waals surface area contributed by atoms with Gasteiger partial charge in [0.1, 0.15) is 0 Å². The van der Waals surface area contributed by atoms with Gasteiger partial charge in [0.15, 0.2) is 11.6 Å². The van der Waals surface area contributed by atoms with Crippen LogP contribution in [0.4, 0.5) is 0 Å².